The molecule has 2 unspecified atom stereocenters. The van der Waals surface area contributed by atoms with Crippen LogP contribution in [0.4, 0.5) is 25.8 Å². The van der Waals surface area contributed by atoms with Crippen LogP contribution in [-0.4, -0.2) is 34.6 Å². The molecule has 8 nitrogen and oxygen atoms in total. The second-order valence-corrected chi connectivity index (χ2v) is 7.59. The Kier molecular flexibility index (Phi) is 6.87. The number of pyridine rings is 1. The Bertz CT molecular complexity index is 1270. The van der Waals surface area contributed by atoms with Crippen LogP contribution in [0.3, 0.4) is 0 Å². The fraction of sp³-hybridized carbons (Fsp3) is 0.167. The molecule has 4 rings (SSSR count). The highest BCUT2D eigenvalue weighted by Gasteiger charge is 2.35. The molecule has 1 aliphatic rings. The number of quaternary nitrogens is 1. The second kappa shape index (κ2) is 10.2. The predicted molar refractivity (Wildman–Crippen MR) is 120 cm³/mol. The summed E-state index contributed by atoms with van der Waals surface area (Å²) < 4.78 is 28.0. The van der Waals surface area contributed by atoms with Gasteiger partial charge in [-0.2, -0.15) is 10.3 Å². The highest BCUT2D eigenvalue weighted by Crippen LogP contribution is 2.25. The number of carbonyl (C=O) groups excluding carboxylic acids is 1. The Morgan fingerprint density at radius 1 is 1.15 bits per heavy atom. The van der Waals surface area contributed by atoms with E-state index in [0.717, 1.165) is 6.07 Å². The Morgan fingerprint density at radius 2 is 1.97 bits per heavy atom. The molecule has 172 valence electrons. The van der Waals surface area contributed by atoms with E-state index in [9.17, 15) is 18.7 Å². The number of rotatable bonds is 8. The summed E-state index contributed by atoms with van der Waals surface area (Å²) in [5.41, 5.74) is 2.18. The summed E-state index contributed by atoms with van der Waals surface area (Å²) in [6.45, 7) is 0.135. The van der Waals surface area contributed by atoms with E-state index in [4.69, 9.17) is 5.26 Å². The highest BCUT2D eigenvalue weighted by molar-refractivity contribution is 6.35. The molecule has 0 bridgehead atoms. The lowest BCUT2D eigenvalue weighted by Crippen LogP contribution is -3.09. The molecular formula is C24H21F2N6O2+. The largest absolute Gasteiger partial charge is 0.374 e. The molecule has 2 heterocycles. The summed E-state index contributed by atoms with van der Waals surface area (Å²) in [4.78, 5) is 21.7. The number of carbonyl (C=O) groups is 1. The minimum Gasteiger partial charge on any atom is -0.374 e. The number of fused-ring (bicyclic) bond motifs is 1. The van der Waals surface area contributed by atoms with Gasteiger partial charge < -0.3 is 15.7 Å². The van der Waals surface area contributed by atoms with Gasteiger partial charge in [-0.1, -0.05) is 24.3 Å². The third-order valence-electron chi connectivity index (χ3n) is 5.28. The van der Waals surface area contributed by atoms with Crippen molar-refractivity contribution in [3.8, 4) is 6.07 Å². The van der Waals surface area contributed by atoms with Crippen LogP contribution in [0.2, 0.25) is 0 Å². The Labute approximate surface area is 194 Å². The minimum atomic E-state index is -0.970. The maximum atomic E-state index is 14.3. The normalized spacial score (nSPS) is 15.1. The van der Waals surface area contributed by atoms with Gasteiger partial charge in [-0.3, -0.25) is 4.79 Å². The number of benzene rings is 2. The van der Waals surface area contributed by atoms with E-state index < -0.39 is 23.8 Å². The average Bonchev–Trinajstić information content (AvgIpc) is 3.21. The molecule has 0 radical (unpaired) electrons. The van der Waals surface area contributed by atoms with Gasteiger partial charge in [-0.15, -0.1) is 0 Å². The average molecular weight is 463 g/mol. The number of para-hydroxylation sites is 2. The van der Waals surface area contributed by atoms with E-state index in [0.29, 0.717) is 22.0 Å². The lowest BCUT2D eigenvalue weighted by atomic mass is 10.1. The number of amides is 1. The molecule has 34 heavy (non-hydrogen) atoms. The van der Waals surface area contributed by atoms with Crippen molar-refractivity contribution in [3.63, 3.8) is 0 Å². The van der Waals surface area contributed by atoms with Gasteiger partial charge in [0.15, 0.2) is 17.3 Å². The molecular weight excluding hydrogens is 442 g/mol. The summed E-state index contributed by atoms with van der Waals surface area (Å²) in [6, 6.07) is 16.1. The fourth-order valence-electron chi connectivity index (χ4n) is 3.60. The molecule has 0 spiro atoms. The first-order valence-electron chi connectivity index (χ1n) is 10.5. The van der Waals surface area contributed by atoms with Crippen molar-refractivity contribution in [2.75, 3.05) is 11.9 Å². The van der Waals surface area contributed by atoms with E-state index >= 15 is 0 Å². The number of aromatic nitrogens is 1. The number of nitriles is 1. The van der Waals surface area contributed by atoms with Gasteiger partial charge in [0.2, 0.25) is 0 Å². The number of nitrogens with zero attached hydrogens (tertiary/aromatic N) is 3. The van der Waals surface area contributed by atoms with Crippen LogP contribution in [0.25, 0.3) is 0 Å². The van der Waals surface area contributed by atoms with Gasteiger partial charge in [-0.05, 0) is 24.3 Å². The molecule has 0 fully saturated rings. The first kappa shape index (κ1) is 23.0. The zero-order valence-corrected chi connectivity index (χ0v) is 17.9. The highest BCUT2D eigenvalue weighted by atomic mass is 19.2. The van der Waals surface area contributed by atoms with E-state index in [-0.39, 0.29) is 36.6 Å². The summed E-state index contributed by atoms with van der Waals surface area (Å²) >= 11 is 0. The van der Waals surface area contributed by atoms with Gasteiger partial charge in [0, 0.05) is 24.6 Å². The topological polar surface area (TPSA) is 115 Å². The predicted octanol–water partition coefficient (Wildman–Crippen LogP) is 1.93. The first-order valence-corrected chi connectivity index (χ1v) is 10.5. The van der Waals surface area contributed by atoms with Gasteiger partial charge >= 0.3 is 5.91 Å². The number of aliphatic imine (C=N–C) groups is 1. The number of aliphatic hydroxyl groups excluding tert-OH is 1. The van der Waals surface area contributed by atoms with Crippen molar-refractivity contribution in [3.05, 3.63) is 83.7 Å². The molecule has 1 aromatic heterocycles. The summed E-state index contributed by atoms with van der Waals surface area (Å²) in [5, 5.41) is 24.5. The summed E-state index contributed by atoms with van der Waals surface area (Å²) in [6.07, 6.45) is 0.639. The number of halogens is 2. The monoisotopic (exact) mass is 463 g/mol. The number of hydrogen-bond acceptors (Lipinski definition) is 6. The number of anilines is 1. The second-order valence-electron chi connectivity index (χ2n) is 7.59. The van der Waals surface area contributed by atoms with Crippen LogP contribution < -0.4 is 15.5 Å². The Hall–Kier alpha value is -4.20. The maximum absolute atomic E-state index is 14.3. The lowest BCUT2D eigenvalue weighted by Gasteiger charge is -2.17. The Morgan fingerprint density at radius 3 is 2.74 bits per heavy atom. The van der Waals surface area contributed by atoms with Gasteiger partial charge in [-0.25, -0.2) is 18.7 Å². The van der Waals surface area contributed by atoms with Crippen LogP contribution in [0, 0.1) is 23.0 Å². The zero-order valence-electron chi connectivity index (χ0n) is 17.9. The van der Waals surface area contributed by atoms with Crippen LogP contribution in [0.5, 0.6) is 0 Å². The smallest absolute Gasteiger partial charge is 0.326 e. The molecule has 0 saturated carbocycles. The molecule has 0 saturated heterocycles. The van der Waals surface area contributed by atoms with Crippen molar-refractivity contribution in [1.82, 2.24) is 10.3 Å². The quantitative estimate of drug-likeness (QED) is 0.381. The molecule has 1 amide bonds. The van der Waals surface area contributed by atoms with E-state index in [2.05, 4.69) is 20.6 Å². The third-order valence-corrected chi connectivity index (χ3v) is 5.28. The van der Waals surface area contributed by atoms with Gasteiger partial charge in [0.05, 0.1) is 11.9 Å². The van der Waals surface area contributed by atoms with Crippen LogP contribution in [0.1, 0.15) is 17.7 Å². The summed E-state index contributed by atoms with van der Waals surface area (Å²) in [7, 11) is 0. The van der Waals surface area contributed by atoms with Gasteiger partial charge in [0.1, 0.15) is 30.2 Å². The summed E-state index contributed by atoms with van der Waals surface area (Å²) in [5.74, 6) is -2.25. The lowest BCUT2D eigenvalue weighted by molar-refractivity contribution is -0.742. The molecule has 2 atom stereocenters. The SMILES string of the molecule is N#Cc1ccc(NC(O)CCNC(=O)C2=Nc3ccccc3[NH+]2Cc2cccc(F)c2F)cn1. The van der Waals surface area contributed by atoms with Crippen LogP contribution in [0.15, 0.2) is 65.8 Å². The van der Waals surface area contributed by atoms with Gasteiger partial charge in [0.25, 0.3) is 5.84 Å². The van der Waals surface area contributed by atoms with Crippen LogP contribution in [-0.2, 0) is 11.3 Å². The molecule has 3 aromatic rings. The minimum absolute atomic E-state index is 0.00271. The maximum Gasteiger partial charge on any atom is 0.326 e. The Balaban J connectivity index is 1.39. The number of nitrogens with one attached hydrogen (secondary N) is 3. The molecule has 10 heteroatoms. The number of aliphatic hydroxyl groups is 1. The van der Waals surface area contributed by atoms with E-state index in [1.165, 1.54) is 24.4 Å². The van der Waals surface area contributed by atoms with Crippen LogP contribution >= 0.6 is 0 Å². The molecule has 4 N–H and O–H groups in total. The standard InChI is InChI=1S/C24H20F2N6O2/c25-18-5-3-4-15(22(18)26)14-32-20-7-2-1-6-19(20)31-23(32)24(34)28-11-10-21(33)30-17-9-8-16(12-27)29-13-17/h1-9,13,21,30,33H,10-11,14H2,(H,28,34)/p+1. The first-order chi connectivity index (χ1) is 16.5. The van der Waals surface area contributed by atoms with E-state index in [1.807, 2.05) is 6.07 Å². The molecule has 2 aromatic carbocycles. The van der Waals surface area contributed by atoms with Crippen molar-refractivity contribution in [2.24, 2.45) is 4.99 Å². The van der Waals surface area contributed by atoms with Crippen molar-refractivity contribution in [1.29, 1.82) is 5.26 Å². The zero-order chi connectivity index (χ0) is 24.1. The van der Waals surface area contributed by atoms with Crippen molar-refractivity contribution in [2.45, 2.75) is 19.2 Å². The van der Waals surface area contributed by atoms with Crippen molar-refractivity contribution < 1.29 is 23.6 Å². The fourth-order valence-corrected chi connectivity index (χ4v) is 3.60. The third kappa shape index (κ3) is 5.06. The number of amidine groups is 1. The molecule has 0 aliphatic carbocycles. The number of hydrogen-bond donors (Lipinski definition) is 4. The van der Waals surface area contributed by atoms with E-state index in [1.54, 1.807) is 30.3 Å². The van der Waals surface area contributed by atoms with Crippen molar-refractivity contribution >= 4 is 28.8 Å². The molecule has 1 aliphatic heterocycles.